The van der Waals surface area contributed by atoms with E-state index in [1.165, 1.54) is 11.0 Å². The van der Waals surface area contributed by atoms with Crippen molar-refractivity contribution in [3.8, 4) is 0 Å². The molecule has 0 bridgehead atoms. The van der Waals surface area contributed by atoms with Gasteiger partial charge in [-0.1, -0.05) is 12.1 Å². The molecule has 6 nitrogen and oxygen atoms in total. The van der Waals surface area contributed by atoms with E-state index >= 15 is 0 Å². The highest BCUT2D eigenvalue weighted by atomic mass is 32.2. The van der Waals surface area contributed by atoms with Crippen LogP contribution < -0.4 is 10.0 Å². The van der Waals surface area contributed by atoms with Gasteiger partial charge in [-0.25, -0.2) is 17.9 Å². The smallest absolute Gasteiger partial charge is 0.244 e. The predicted molar refractivity (Wildman–Crippen MR) is 82.4 cm³/mol. The fraction of sp³-hybridized carbons (Fsp3) is 0.500. The third kappa shape index (κ3) is 4.02. The maximum Gasteiger partial charge on any atom is 0.244 e. The lowest BCUT2D eigenvalue weighted by molar-refractivity contribution is -0.121. The quantitative estimate of drug-likeness (QED) is 0.826. The maximum absolute atomic E-state index is 13.8. The van der Waals surface area contributed by atoms with Crippen LogP contribution in [0.2, 0.25) is 0 Å². The minimum absolute atomic E-state index is 0.116. The molecule has 2 rings (SSSR count). The number of likely N-dealkylation sites (N-methyl/N-ethyl adjacent to an activating group) is 1. The number of rotatable bonds is 6. The molecular weight excluding hydrogens is 309 g/mol. The number of benzene rings is 1. The lowest BCUT2D eigenvalue weighted by Crippen LogP contribution is -2.40. The van der Waals surface area contributed by atoms with Gasteiger partial charge in [0, 0.05) is 6.54 Å². The number of nitrogens with two attached hydrogens (primary N) is 1. The summed E-state index contributed by atoms with van der Waals surface area (Å²) in [6.07, 6.45) is 0.942. The van der Waals surface area contributed by atoms with E-state index in [-0.39, 0.29) is 23.4 Å². The van der Waals surface area contributed by atoms with Crippen LogP contribution in [0.4, 0.5) is 10.1 Å². The van der Waals surface area contributed by atoms with Gasteiger partial charge in [-0.3, -0.25) is 9.69 Å². The number of halogens is 1. The fourth-order valence-corrected chi connectivity index (χ4v) is 3.19. The lowest BCUT2D eigenvalue weighted by Gasteiger charge is -2.23. The molecule has 0 saturated carbocycles. The molecule has 0 spiro atoms. The Morgan fingerprint density at radius 3 is 2.73 bits per heavy atom. The van der Waals surface area contributed by atoms with Gasteiger partial charge in [-0.15, -0.1) is 0 Å². The van der Waals surface area contributed by atoms with Crippen molar-refractivity contribution in [1.29, 1.82) is 0 Å². The summed E-state index contributed by atoms with van der Waals surface area (Å²) in [4.78, 5) is 15.7. The van der Waals surface area contributed by atoms with Crippen molar-refractivity contribution < 1.29 is 17.6 Å². The Morgan fingerprint density at radius 1 is 1.41 bits per heavy atom. The molecule has 122 valence electrons. The molecular formula is C14H20FN3O3S. The van der Waals surface area contributed by atoms with Crippen LogP contribution in [0, 0.1) is 5.82 Å². The number of carbonyl (C=O) groups is 1. The lowest BCUT2D eigenvalue weighted by atomic mass is 10.2. The van der Waals surface area contributed by atoms with Gasteiger partial charge in [0.15, 0.2) is 0 Å². The highest BCUT2D eigenvalue weighted by Crippen LogP contribution is 2.26. The van der Waals surface area contributed by atoms with Gasteiger partial charge in [0.1, 0.15) is 5.82 Å². The van der Waals surface area contributed by atoms with Crippen LogP contribution in [-0.2, 0) is 14.8 Å². The third-order valence-electron chi connectivity index (χ3n) is 3.79. The van der Waals surface area contributed by atoms with E-state index in [0.29, 0.717) is 25.9 Å². The number of para-hydroxylation sites is 1. The molecule has 2 N–H and O–H groups in total. The highest BCUT2D eigenvalue weighted by molar-refractivity contribution is 7.89. The number of hydrogen-bond acceptors (Lipinski definition) is 4. The van der Waals surface area contributed by atoms with E-state index < -0.39 is 15.8 Å². The molecule has 1 unspecified atom stereocenters. The minimum atomic E-state index is -3.49. The van der Waals surface area contributed by atoms with Gasteiger partial charge >= 0.3 is 0 Å². The molecule has 1 atom stereocenters. The topological polar surface area (TPSA) is 83.7 Å². The fourth-order valence-electron chi connectivity index (χ4n) is 2.65. The Bertz CT molecular complexity index is 650. The molecule has 0 radical (unpaired) electrons. The molecule has 1 aromatic rings. The number of nitrogens with zero attached hydrogens (tertiary/aromatic N) is 2. The zero-order chi connectivity index (χ0) is 16.3. The van der Waals surface area contributed by atoms with Gasteiger partial charge in [0.2, 0.25) is 15.9 Å². The van der Waals surface area contributed by atoms with Crippen LogP contribution in [0.3, 0.4) is 0 Å². The first kappa shape index (κ1) is 16.9. The second-order valence-corrected chi connectivity index (χ2v) is 7.18. The number of anilines is 1. The minimum Gasteiger partial charge on any atom is -0.308 e. The summed E-state index contributed by atoms with van der Waals surface area (Å²) >= 11 is 0. The molecule has 0 aliphatic carbocycles. The highest BCUT2D eigenvalue weighted by Gasteiger charge is 2.35. The summed E-state index contributed by atoms with van der Waals surface area (Å²) in [6, 6.07) is 5.81. The molecule has 8 heteroatoms. The number of hydrogen-bond donors (Lipinski definition) is 1. The van der Waals surface area contributed by atoms with Crippen molar-refractivity contribution in [1.82, 2.24) is 4.90 Å². The molecule has 22 heavy (non-hydrogen) atoms. The van der Waals surface area contributed by atoms with Crippen LogP contribution >= 0.6 is 0 Å². The Morgan fingerprint density at radius 2 is 2.09 bits per heavy atom. The molecule has 1 aliphatic heterocycles. The van der Waals surface area contributed by atoms with Crippen LogP contribution in [0.15, 0.2) is 24.3 Å². The summed E-state index contributed by atoms with van der Waals surface area (Å²) in [5.41, 5.74) is 0.285. The number of carbonyl (C=O) groups excluding carboxylic acids is 1. The van der Waals surface area contributed by atoms with Crippen molar-refractivity contribution in [2.75, 3.05) is 30.8 Å². The summed E-state index contributed by atoms with van der Waals surface area (Å²) in [5, 5.41) is 4.95. The van der Waals surface area contributed by atoms with Crippen LogP contribution in [-0.4, -0.2) is 51.2 Å². The Labute approximate surface area is 129 Å². The van der Waals surface area contributed by atoms with Crippen molar-refractivity contribution in [3.63, 3.8) is 0 Å². The second kappa shape index (κ2) is 6.72. The third-order valence-corrected chi connectivity index (χ3v) is 4.65. The second-order valence-electron chi connectivity index (χ2n) is 5.45. The van der Waals surface area contributed by atoms with Crippen LogP contribution in [0.1, 0.15) is 12.8 Å². The van der Waals surface area contributed by atoms with Gasteiger partial charge in [-0.05, 0) is 38.6 Å². The SMILES string of the molecule is CN(CCCS(N)(=O)=O)C1CCN(c2ccccc2F)C1=O. The van der Waals surface area contributed by atoms with E-state index in [1.54, 1.807) is 30.1 Å². The molecule has 1 saturated heterocycles. The maximum atomic E-state index is 13.8. The Balaban J connectivity index is 1.98. The Kier molecular flexibility index (Phi) is 5.15. The zero-order valence-electron chi connectivity index (χ0n) is 12.4. The normalized spacial score (nSPS) is 19.2. The number of sulfonamides is 1. The van der Waals surface area contributed by atoms with Gasteiger partial charge < -0.3 is 4.90 Å². The first-order valence-corrected chi connectivity index (χ1v) is 8.78. The summed E-state index contributed by atoms with van der Waals surface area (Å²) in [7, 11) is -1.73. The summed E-state index contributed by atoms with van der Waals surface area (Å²) < 4.78 is 35.6. The summed E-state index contributed by atoms with van der Waals surface area (Å²) in [5.74, 6) is -0.702. The Hall–Kier alpha value is -1.51. The monoisotopic (exact) mass is 329 g/mol. The predicted octanol–water partition coefficient (Wildman–Crippen LogP) is 0.541. The number of primary sulfonamides is 1. The van der Waals surface area contributed by atoms with Crippen molar-refractivity contribution in [2.24, 2.45) is 5.14 Å². The van der Waals surface area contributed by atoms with E-state index in [0.717, 1.165) is 0 Å². The first-order chi connectivity index (χ1) is 10.3. The first-order valence-electron chi connectivity index (χ1n) is 7.06. The van der Waals surface area contributed by atoms with Gasteiger partial charge in [0.05, 0.1) is 17.5 Å². The van der Waals surface area contributed by atoms with E-state index in [2.05, 4.69) is 0 Å². The zero-order valence-corrected chi connectivity index (χ0v) is 13.2. The van der Waals surface area contributed by atoms with E-state index in [1.807, 2.05) is 0 Å². The van der Waals surface area contributed by atoms with Crippen molar-refractivity contribution in [3.05, 3.63) is 30.1 Å². The van der Waals surface area contributed by atoms with Crippen LogP contribution in [0.25, 0.3) is 0 Å². The largest absolute Gasteiger partial charge is 0.308 e. The average Bonchev–Trinajstić information content (AvgIpc) is 2.79. The molecule has 1 aromatic carbocycles. The van der Waals surface area contributed by atoms with Gasteiger partial charge in [0.25, 0.3) is 0 Å². The van der Waals surface area contributed by atoms with E-state index in [9.17, 15) is 17.6 Å². The molecule has 0 aromatic heterocycles. The van der Waals surface area contributed by atoms with Gasteiger partial charge in [-0.2, -0.15) is 0 Å². The number of amides is 1. The standard InChI is InChI=1S/C14H20FN3O3S/c1-17(8-4-10-22(16,20)21)13-7-9-18(14(13)19)12-6-3-2-5-11(12)15/h2-3,5-6,13H,4,7-10H2,1H3,(H2,16,20,21). The van der Waals surface area contributed by atoms with Crippen molar-refractivity contribution >= 4 is 21.6 Å². The average molecular weight is 329 g/mol. The van der Waals surface area contributed by atoms with E-state index in [4.69, 9.17) is 5.14 Å². The van der Waals surface area contributed by atoms with Crippen LogP contribution in [0.5, 0.6) is 0 Å². The molecule has 1 aliphatic rings. The molecule has 1 heterocycles. The van der Waals surface area contributed by atoms with Crippen molar-refractivity contribution in [2.45, 2.75) is 18.9 Å². The summed E-state index contributed by atoms with van der Waals surface area (Å²) in [6.45, 7) is 0.891. The molecule has 1 fully saturated rings. The molecule has 1 amide bonds.